The van der Waals surface area contributed by atoms with Crippen molar-refractivity contribution in [3.63, 3.8) is 0 Å². The Balaban J connectivity index is 4.60. The summed E-state index contributed by atoms with van der Waals surface area (Å²) in [5, 5.41) is -1.22. The second-order valence-electron chi connectivity index (χ2n) is 4.12. The summed E-state index contributed by atoms with van der Waals surface area (Å²) in [6.45, 7) is -2.63. The molecule has 0 aromatic rings. The van der Waals surface area contributed by atoms with Gasteiger partial charge in [-0.3, -0.25) is 4.79 Å². The van der Waals surface area contributed by atoms with Crippen molar-refractivity contribution in [2.75, 3.05) is 19.8 Å². The summed E-state index contributed by atoms with van der Waals surface area (Å²) in [6, 6.07) is 0. The first-order valence-corrected chi connectivity index (χ1v) is 5.96. The van der Waals surface area contributed by atoms with Crippen molar-refractivity contribution in [3.8, 4) is 0 Å². The van der Waals surface area contributed by atoms with Gasteiger partial charge in [0.05, 0.1) is 12.0 Å². The van der Waals surface area contributed by atoms with E-state index in [1.165, 1.54) is 0 Å². The summed E-state index contributed by atoms with van der Waals surface area (Å²) in [5.41, 5.74) is 0. The molecule has 1 unspecified atom stereocenters. The minimum atomic E-state index is -6.33. The first-order valence-electron chi connectivity index (χ1n) is 5.52. The SMILES string of the molecule is CC(=O)OCC(Cl)COCC(F)(F)C(F)(F)C(F)(F)C(F)F. The average Bonchev–Trinajstić information content (AvgIpc) is 2.35. The lowest BCUT2D eigenvalue weighted by atomic mass is 10.1. The van der Waals surface area contributed by atoms with E-state index in [4.69, 9.17) is 11.6 Å². The molecule has 0 spiro atoms. The van der Waals surface area contributed by atoms with E-state index in [1.807, 2.05) is 0 Å². The molecule has 12 heteroatoms. The molecule has 0 rings (SSSR count). The Hall–Kier alpha value is -0.840. The molecular formula is C10H11ClF8O3. The summed E-state index contributed by atoms with van der Waals surface area (Å²) in [4.78, 5) is 10.4. The fourth-order valence-electron chi connectivity index (χ4n) is 1.04. The molecule has 1 atom stereocenters. The van der Waals surface area contributed by atoms with Crippen molar-refractivity contribution in [3.05, 3.63) is 0 Å². The van der Waals surface area contributed by atoms with Gasteiger partial charge < -0.3 is 9.47 Å². The third kappa shape index (κ3) is 5.11. The number of alkyl halides is 9. The van der Waals surface area contributed by atoms with Gasteiger partial charge in [-0.1, -0.05) is 0 Å². The van der Waals surface area contributed by atoms with Crippen LogP contribution in [-0.4, -0.2) is 55.4 Å². The van der Waals surface area contributed by atoms with Crippen molar-refractivity contribution in [2.24, 2.45) is 0 Å². The molecule has 0 aliphatic carbocycles. The normalized spacial score (nSPS) is 15.0. The molecule has 0 aliphatic heterocycles. The molecule has 0 bridgehead atoms. The van der Waals surface area contributed by atoms with Gasteiger partial charge in [0.25, 0.3) is 0 Å². The van der Waals surface area contributed by atoms with Crippen LogP contribution in [0.25, 0.3) is 0 Å². The number of rotatable bonds is 9. The van der Waals surface area contributed by atoms with E-state index < -0.39 is 55.4 Å². The molecule has 132 valence electrons. The molecular weight excluding hydrogens is 356 g/mol. The Kier molecular flexibility index (Phi) is 7.33. The highest BCUT2D eigenvalue weighted by Crippen LogP contribution is 2.48. The Morgan fingerprint density at radius 2 is 1.59 bits per heavy atom. The number of esters is 1. The predicted molar refractivity (Wildman–Crippen MR) is 57.9 cm³/mol. The third-order valence-electron chi connectivity index (χ3n) is 2.20. The van der Waals surface area contributed by atoms with Gasteiger partial charge >= 0.3 is 30.2 Å². The highest BCUT2D eigenvalue weighted by atomic mass is 35.5. The van der Waals surface area contributed by atoms with Gasteiger partial charge in [0.15, 0.2) is 0 Å². The van der Waals surface area contributed by atoms with Gasteiger partial charge in [-0.05, 0) is 0 Å². The fourth-order valence-corrected chi connectivity index (χ4v) is 1.19. The van der Waals surface area contributed by atoms with Crippen molar-refractivity contribution in [1.29, 1.82) is 0 Å². The second kappa shape index (κ2) is 7.62. The molecule has 0 amide bonds. The van der Waals surface area contributed by atoms with Crippen molar-refractivity contribution >= 4 is 17.6 Å². The van der Waals surface area contributed by atoms with Crippen LogP contribution in [0.15, 0.2) is 0 Å². The van der Waals surface area contributed by atoms with Crippen LogP contribution in [0, 0.1) is 0 Å². The van der Waals surface area contributed by atoms with Crippen molar-refractivity contribution < 1.29 is 49.4 Å². The molecule has 0 heterocycles. The molecule has 0 N–H and O–H groups in total. The Bertz CT molecular complexity index is 377. The van der Waals surface area contributed by atoms with E-state index in [1.54, 1.807) is 0 Å². The molecule has 0 fully saturated rings. The Morgan fingerprint density at radius 3 is 2.00 bits per heavy atom. The zero-order chi connectivity index (χ0) is 17.8. The highest BCUT2D eigenvalue weighted by molar-refractivity contribution is 6.20. The predicted octanol–water partition coefficient (Wildman–Crippen LogP) is 3.34. The van der Waals surface area contributed by atoms with E-state index >= 15 is 0 Å². The number of carbonyl (C=O) groups is 1. The monoisotopic (exact) mass is 366 g/mol. The van der Waals surface area contributed by atoms with Gasteiger partial charge in [0.1, 0.15) is 13.2 Å². The molecule has 3 nitrogen and oxygen atoms in total. The van der Waals surface area contributed by atoms with Crippen LogP contribution < -0.4 is 0 Å². The summed E-state index contributed by atoms with van der Waals surface area (Å²) in [6.07, 6.45) is -4.99. The van der Waals surface area contributed by atoms with Gasteiger partial charge in [-0.2, -0.15) is 26.3 Å². The van der Waals surface area contributed by atoms with Gasteiger partial charge in [-0.15, -0.1) is 11.6 Å². The van der Waals surface area contributed by atoms with E-state index in [0.29, 0.717) is 0 Å². The Labute approximate surface area is 124 Å². The lowest BCUT2D eigenvalue weighted by molar-refractivity contribution is -0.345. The zero-order valence-corrected chi connectivity index (χ0v) is 11.7. The molecule has 0 aromatic carbocycles. The maximum absolute atomic E-state index is 13.0. The molecule has 0 radical (unpaired) electrons. The Morgan fingerprint density at radius 1 is 1.09 bits per heavy atom. The third-order valence-corrected chi connectivity index (χ3v) is 2.45. The van der Waals surface area contributed by atoms with Crippen LogP contribution >= 0.6 is 11.6 Å². The number of carbonyl (C=O) groups excluding carboxylic acids is 1. The second-order valence-corrected chi connectivity index (χ2v) is 4.73. The van der Waals surface area contributed by atoms with Crippen molar-refractivity contribution in [2.45, 2.75) is 36.5 Å². The smallest absolute Gasteiger partial charge is 0.380 e. The van der Waals surface area contributed by atoms with Crippen LogP contribution in [0.5, 0.6) is 0 Å². The zero-order valence-electron chi connectivity index (χ0n) is 10.9. The van der Waals surface area contributed by atoms with Gasteiger partial charge in [0.2, 0.25) is 0 Å². The summed E-state index contributed by atoms with van der Waals surface area (Å²) in [7, 11) is 0. The van der Waals surface area contributed by atoms with Crippen LogP contribution in [0.4, 0.5) is 35.1 Å². The summed E-state index contributed by atoms with van der Waals surface area (Å²) < 4.78 is 109. The topological polar surface area (TPSA) is 35.5 Å². The standard InChI is InChI=1S/C10H11ClF8O3/c1-5(20)22-3-6(11)2-21-4-8(14,15)10(18,19)9(16,17)7(12)13/h6-7H,2-4H2,1H3. The minimum Gasteiger partial charge on any atom is -0.464 e. The number of halogens is 9. The first kappa shape index (κ1) is 21.2. The van der Waals surface area contributed by atoms with Crippen molar-refractivity contribution in [1.82, 2.24) is 0 Å². The van der Waals surface area contributed by atoms with Crippen LogP contribution in [0.1, 0.15) is 6.92 Å². The average molecular weight is 367 g/mol. The van der Waals surface area contributed by atoms with Crippen LogP contribution in [0.3, 0.4) is 0 Å². The maximum Gasteiger partial charge on any atom is 0.380 e. The van der Waals surface area contributed by atoms with Crippen LogP contribution in [-0.2, 0) is 14.3 Å². The molecule has 0 saturated carbocycles. The largest absolute Gasteiger partial charge is 0.464 e. The van der Waals surface area contributed by atoms with Gasteiger partial charge in [-0.25, -0.2) is 8.78 Å². The van der Waals surface area contributed by atoms with Gasteiger partial charge in [0, 0.05) is 6.92 Å². The molecule has 0 aromatic heterocycles. The lowest BCUT2D eigenvalue weighted by Crippen LogP contribution is -2.59. The summed E-state index contributed by atoms with van der Waals surface area (Å²) in [5.74, 6) is -18.9. The number of hydrogen-bond acceptors (Lipinski definition) is 3. The first-order chi connectivity index (χ1) is 9.75. The highest BCUT2D eigenvalue weighted by Gasteiger charge is 2.75. The maximum atomic E-state index is 13.0. The van der Waals surface area contributed by atoms with Crippen LogP contribution in [0.2, 0.25) is 0 Å². The minimum absolute atomic E-state index is 0.508. The van der Waals surface area contributed by atoms with E-state index in [2.05, 4.69) is 9.47 Å². The van der Waals surface area contributed by atoms with E-state index in [9.17, 15) is 39.9 Å². The lowest BCUT2D eigenvalue weighted by Gasteiger charge is -2.32. The molecule has 0 aliphatic rings. The molecule has 22 heavy (non-hydrogen) atoms. The van der Waals surface area contributed by atoms with E-state index in [-0.39, 0.29) is 0 Å². The summed E-state index contributed by atoms with van der Waals surface area (Å²) >= 11 is 5.41. The number of hydrogen-bond donors (Lipinski definition) is 0. The quantitative estimate of drug-likeness (QED) is 0.357. The molecule has 0 saturated heterocycles. The van der Waals surface area contributed by atoms with E-state index in [0.717, 1.165) is 6.92 Å². The fraction of sp³-hybridized carbons (Fsp3) is 0.900. The number of ether oxygens (including phenoxy) is 2.